The second kappa shape index (κ2) is 4.86. The van der Waals surface area contributed by atoms with E-state index in [1.54, 1.807) is 0 Å². The van der Waals surface area contributed by atoms with Crippen molar-refractivity contribution in [2.24, 2.45) is 0 Å². The molecule has 1 aromatic rings. The second-order valence-corrected chi connectivity index (χ2v) is 4.76. The molecule has 0 aliphatic rings. The average molecular weight is 268 g/mol. The van der Waals surface area contributed by atoms with E-state index < -0.39 is 15.0 Å². The van der Waals surface area contributed by atoms with E-state index in [4.69, 9.17) is 21.3 Å². The molecule has 0 aromatic heterocycles. The van der Waals surface area contributed by atoms with Gasteiger partial charge in [-0.2, -0.15) is 8.42 Å². The first kappa shape index (κ1) is 13.0. The molecule has 0 amide bonds. The molecule has 0 saturated carbocycles. The molecule has 0 unspecified atom stereocenters. The number of nitrogens with two attached hydrogens (primary N) is 2. The van der Waals surface area contributed by atoms with Crippen LogP contribution in [0.3, 0.4) is 0 Å². The maximum absolute atomic E-state index is 10.8. The highest BCUT2D eigenvalue weighted by atomic mass is 32.2. The van der Waals surface area contributed by atoms with Crippen LogP contribution in [0.2, 0.25) is 0 Å². The van der Waals surface area contributed by atoms with Gasteiger partial charge >= 0.3 is 0 Å². The molecule has 0 bridgehead atoms. The van der Waals surface area contributed by atoms with Crippen molar-refractivity contribution >= 4 is 33.5 Å². The molecule has 0 radical (unpaired) electrons. The Balaban J connectivity index is 3.17. The van der Waals surface area contributed by atoms with E-state index in [0.717, 1.165) is 12.1 Å². The van der Waals surface area contributed by atoms with Gasteiger partial charge in [-0.15, -0.1) is 4.33 Å². The first-order valence-corrected chi connectivity index (χ1v) is 5.85. The molecule has 0 atom stereocenters. The van der Waals surface area contributed by atoms with Crippen molar-refractivity contribution in [3.63, 3.8) is 0 Å². The summed E-state index contributed by atoms with van der Waals surface area (Å²) >= 11 is 0.527. The predicted molar refractivity (Wildman–Crippen MR) is 55.7 cm³/mol. The Morgan fingerprint density at radius 3 is 2.38 bits per heavy atom. The summed E-state index contributed by atoms with van der Waals surface area (Å²) in [6, 6.07) is 2.12. The van der Waals surface area contributed by atoms with Crippen LogP contribution >= 0.6 is 12.0 Å². The van der Waals surface area contributed by atoms with Gasteiger partial charge in [0.25, 0.3) is 10.1 Å². The molecule has 90 valence electrons. The number of rotatable bonds is 4. The van der Waals surface area contributed by atoms with E-state index in [9.17, 15) is 8.42 Å². The lowest BCUT2D eigenvalue weighted by Crippen LogP contribution is -2.05. The third kappa shape index (κ3) is 2.98. The zero-order chi connectivity index (χ0) is 12.3. The molecule has 8 nitrogen and oxygen atoms in total. The van der Waals surface area contributed by atoms with Crippen LogP contribution in [0.1, 0.15) is 0 Å². The number of anilines is 2. The van der Waals surface area contributed by atoms with Gasteiger partial charge in [-0.3, -0.25) is 4.55 Å². The largest absolute Gasteiger partial charge is 0.398 e. The molecule has 0 spiro atoms. The summed E-state index contributed by atoms with van der Waals surface area (Å²) in [6.45, 7) is 0. The first-order valence-electron chi connectivity index (χ1n) is 3.67. The third-order valence-corrected chi connectivity index (χ3v) is 3.15. The molecule has 0 aliphatic heterocycles. The predicted octanol–water partition coefficient (Wildman–Crippen LogP) is 0.526. The lowest BCUT2D eigenvalue weighted by Gasteiger charge is -2.07. The molecular formula is C6H8N2O6S2. The van der Waals surface area contributed by atoms with Crippen LogP contribution in [0, 0.1) is 0 Å². The van der Waals surface area contributed by atoms with Crippen molar-refractivity contribution < 1.29 is 27.6 Å². The second-order valence-electron chi connectivity index (χ2n) is 2.63. The lowest BCUT2D eigenvalue weighted by molar-refractivity contribution is -0.432. The summed E-state index contributed by atoms with van der Waals surface area (Å²) in [5.74, 6) is 0. The molecule has 0 aliphatic carbocycles. The van der Waals surface area contributed by atoms with E-state index in [2.05, 4.69) is 9.37 Å². The summed E-state index contributed by atoms with van der Waals surface area (Å²) < 4.78 is 34.6. The fourth-order valence-corrected chi connectivity index (χ4v) is 2.01. The highest BCUT2D eigenvalue weighted by Gasteiger charge is 2.17. The topological polar surface area (TPSA) is 145 Å². The van der Waals surface area contributed by atoms with Gasteiger partial charge in [0.1, 0.15) is 4.90 Å². The maximum atomic E-state index is 10.8. The summed E-state index contributed by atoms with van der Waals surface area (Å²) in [4.78, 5) is -0.279. The Morgan fingerprint density at radius 1 is 1.25 bits per heavy atom. The molecule has 6 N–H and O–H groups in total. The van der Waals surface area contributed by atoms with Gasteiger partial charge in [0.2, 0.25) is 0 Å². The quantitative estimate of drug-likeness (QED) is 0.202. The van der Waals surface area contributed by atoms with Crippen molar-refractivity contribution in [1.82, 2.24) is 0 Å². The highest BCUT2D eigenvalue weighted by Crippen LogP contribution is 2.32. The molecular weight excluding hydrogens is 260 g/mol. The third-order valence-electron chi connectivity index (χ3n) is 1.57. The molecule has 0 saturated heterocycles. The minimum absolute atomic E-state index is 0.0103. The smallest absolute Gasteiger partial charge is 0.296 e. The van der Waals surface area contributed by atoms with Crippen LogP contribution in [0.25, 0.3) is 0 Å². The van der Waals surface area contributed by atoms with Gasteiger partial charge in [0.15, 0.2) is 0 Å². The number of nitrogen functional groups attached to an aromatic ring is 2. The molecule has 0 heterocycles. The Kier molecular flexibility index (Phi) is 3.96. The van der Waals surface area contributed by atoms with E-state index in [-0.39, 0.29) is 16.3 Å². The van der Waals surface area contributed by atoms with Crippen LogP contribution in [0.5, 0.6) is 0 Å². The number of hydrogen-bond acceptors (Lipinski definition) is 8. The standard InChI is InChI=1S/C6H8N2O6S2/c7-3-2-6(16(10,11)12)4(8)1-5(3)15-14-13-9/h1-2,9H,7-8H2,(H,10,11,12). The van der Waals surface area contributed by atoms with Crippen LogP contribution in [0.4, 0.5) is 11.4 Å². The summed E-state index contributed by atoms with van der Waals surface area (Å²) in [6.07, 6.45) is 0. The molecule has 10 heteroatoms. The van der Waals surface area contributed by atoms with E-state index in [0.29, 0.717) is 12.0 Å². The molecule has 0 fully saturated rings. The zero-order valence-electron chi connectivity index (χ0n) is 7.65. The van der Waals surface area contributed by atoms with Crippen molar-refractivity contribution in [2.75, 3.05) is 11.5 Å². The Morgan fingerprint density at radius 2 is 1.88 bits per heavy atom. The zero-order valence-corrected chi connectivity index (χ0v) is 9.29. The first-order chi connectivity index (χ1) is 7.36. The molecule has 1 aromatic carbocycles. The average Bonchev–Trinajstić information content (AvgIpc) is 2.17. The van der Waals surface area contributed by atoms with Crippen LogP contribution in [0.15, 0.2) is 21.9 Å². The van der Waals surface area contributed by atoms with Gasteiger partial charge < -0.3 is 11.5 Å². The van der Waals surface area contributed by atoms with Crippen molar-refractivity contribution in [2.45, 2.75) is 9.79 Å². The molecule has 1 rings (SSSR count). The highest BCUT2D eigenvalue weighted by molar-refractivity contribution is 7.94. The van der Waals surface area contributed by atoms with Crippen LogP contribution in [-0.2, 0) is 19.5 Å². The van der Waals surface area contributed by atoms with Crippen molar-refractivity contribution in [1.29, 1.82) is 0 Å². The fourth-order valence-electron chi connectivity index (χ4n) is 0.939. The summed E-state index contributed by atoms with van der Waals surface area (Å²) in [7, 11) is -4.43. The van der Waals surface area contributed by atoms with Crippen molar-refractivity contribution in [3.05, 3.63) is 12.1 Å². The Bertz CT molecular complexity index is 488. The van der Waals surface area contributed by atoms with Gasteiger partial charge in [-0.25, -0.2) is 5.26 Å². The van der Waals surface area contributed by atoms with E-state index >= 15 is 0 Å². The number of benzene rings is 1. The summed E-state index contributed by atoms with van der Waals surface area (Å²) in [5.41, 5.74) is 10.6. The monoisotopic (exact) mass is 268 g/mol. The molecule has 16 heavy (non-hydrogen) atoms. The fraction of sp³-hybridized carbons (Fsp3) is 0. The van der Waals surface area contributed by atoms with Crippen molar-refractivity contribution in [3.8, 4) is 0 Å². The van der Waals surface area contributed by atoms with Gasteiger partial charge in [0, 0.05) is 5.69 Å². The Hall–Kier alpha value is -1.04. The normalized spacial score (nSPS) is 11.6. The maximum Gasteiger partial charge on any atom is 0.296 e. The minimum Gasteiger partial charge on any atom is -0.398 e. The van der Waals surface area contributed by atoms with Gasteiger partial charge in [0.05, 0.1) is 22.6 Å². The number of hydrogen-bond donors (Lipinski definition) is 4. The lowest BCUT2D eigenvalue weighted by atomic mass is 10.3. The SMILES string of the molecule is Nc1cc(S(=O)(=O)O)c(N)cc1SOOO. The summed E-state index contributed by atoms with van der Waals surface area (Å²) in [5, 5.41) is 11.3. The Labute approximate surface area is 95.0 Å². The van der Waals surface area contributed by atoms with Gasteiger partial charge in [-0.1, -0.05) is 5.04 Å². The van der Waals surface area contributed by atoms with Crippen LogP contribution in [-0.4, -0.2) is 18.2 Å². The van der Waals surface area contributed by atoms with E-state index in [1.165, 1.54) is 0 Å². The van der Waals surface area contributed by atoms with E-state index in [1.807, 2.05) is 0 Å². The minimum atomic E-state index is -4.43. The van der Waals surface area contributed by atoms with Gasteiger partial charge in [-0.05, 0) is 12.1 Å². The van der Waals surface area contributed by atoms with Crippen LogP contribution < -0.4 is 11.5 Å².